The Balaban J connectivity index is 1.03. The van der Waals surface area contributed by atoms with E-state index in [4.69, 9.17) is 28.4 Å². The SMILES string of the molecule is O=C(Oc1ccccc1C(=O)Oc1ccc(/C=C/c2cc(OC(=O)c3ccccc3OC(=O)c3ccccc3O)cc(OC(=O)c3ccccc3OC(=O)c3ccccc3O)c2)cc1)c1ccccc1O. The summed E-state index contributed by atoms with van der Waals surface area (Å²) < 4.78 is 33.5. The smallest absolute Gasteiger partial charge is 0.347 e. The van der Waals surface area contributed by atoms with Crippen LogP contribution in [0, 0.1) is 0 Å². The van der Waals surface area contributed by atoms with Gasteiger partial charge in [-0.2, -0.15) is 0 Å². The van der Waals surface area contributed by atoms with Crippen LogP contribution >= 0.6 is 0 Å². The maximum absolute atomic E-state index is 13.8. The zero-order valence-electron chi connectivity index (χ0n) is 36.8. The molecule has 0 radical (unpaired) electrons. The van der Waals surface area contributed by atoms with E-state index in [1.165, 1.54) is 152 Å². The minimum Gasteiger partial charge on any atom is -0.507 e. The van der Waals surface area contributed by atoms with Crippen LogP contribution in [0.15, 0.2) is 188 Å². The van der Waals surface area contributed by atoms with Gasteiger partial charge in [0.2, 0.25) is 0 Å². The number of hydrogen-bond donors (Lipinski definition) is 3. The number of benzene rings is 8. The topological polar surface area (TPSA) is 218 Å². The number of esters is 6. The van der Waals surface area contributed by atoms with E-state index in [-0.39, 0.29) is 85.1 Å². The lowest BCUT2D eigenvalue weighted by Crippen LogP contribution is -2.15. The van der Waals surface area contributed by atoms with Crippen LogP contribution in [0.5, 0.6) is 51.7 Å². The Morgan fingerprint density at radius 3 is 0.915 bits per heavy atom. The fourth-order valence-electron chi connectivity index (χ4n) is 6.71. The van der Waals surface area contributed by atoms with Crippen LogP contribution in [0.3, 0.4) is 0 Å². The fraction of sp³-hybridized carbons (Fsp3) is 0. The van der Waals surface area contributed by atoms with Gasteiger partial charge in [-0.15, -0.1) is 0 Å². The summed E-state index contributed by atoms with van der Waals surface area (Å²) in [6.45, 7) is 0. The number of ether oxygens (including phenoxy) is 6. The summed E-state index contributed by atoms with van der Waals surface area (Å²) in [5, 5.41) is 30.5. The highest BCUT2D eigenvalue weighted by Gasteiger charge is 2.24. The summed E-state index contributed by atoms with van der Waals surface area (Å²) in [6.07, 6.45) is 3.27. The highest BCUT2D eigenvalue weighted by atomic mass is 16.6. The molecule has 0 atom stereocenters. The third kappa shape index (κ3) is 11.6. The molecule has 0 aliphatic carbocycles. The van der Waals surface area contributed by atoms with Gasteiger partial charge in [-0.05, 0) is 108 Å². The van der Waals surface area contributed by atoms with Crippen molar-refractivity contribution in [3.63, 3.8) is 0 Å². The van der Waals surface area contributed by atoms with E-state index in [0.717, 1.165) is 0 Å². The molecule has 8 rings (SSSR count). The molecule has 0 aliphatic rings. The Hall–Kier alpha value is -10.3. The molecule has 0 aliphatic heterocycles. The largest absolute Gasteiger partial charge is 0.507 e. The van der Waals surface area contributed by atoms with Crippen molar-refractivity contribution in [1.82, 2.24) is 0 Å². The van der Waals surface area contributed by atoms with Gasteiger partial charge in [0, 0.05) is 6.07 Å². The zero-order chi connectivity index (χ0) is 49.9. The average molecular weight is 949 g/mol. The van der Waals surface area contributed by atoms with E-state index in [2.05, 4.69) is 0 Å². The number of rotatable bonds is 14. The van der Waals surface area contributed by atoms with Crippen LogP contribution in [0.4, 0.5) is 0 Å². The lowest BCUT2D eigenvalue weighted by atomic mass is 10.1. The van der Waals surface area contributed by atoms with Crippen molar-refractivity contribution in [1.29, 1.82) is 0 Å². The zero-order valence-corrected chi connectivity index (χ0v) is 36.8. The van der Waals surface area contributed by atoms with Gasteiger partial charge in [-0.3, -0.25) is 0 Å². The van der Waals surface area contributed by atoms with E-state index in [1.54, 1.807) is 48.6 Å². The van der Waals surface area contributed by atoms with E-state index in [9.17, 15) is 44.1 Å². The number of phenolic OH excluding ortho intramolecular Hbond substituents is 3. The van der Waals surface area contributed by atoms with Crippen molar-refractivity contribution in [3.05, 3.63) is 233 Å². The quantitative estimate of drug-likeness (QED) is 0.0525. The number of carbonyl (C=O) groups excluding carboxylic acids is 6. The molecule has 0 bridgehead atoms. The number of para-hydroxylation sites is 6. The van der Waals surface area contributed by atoms with Crippen LogP contribution in [0.2, 0.25) is 0 Å². The van der Waals surface area contributed by atoms with Crippen molar-refractivity contribution in [2.45, 2.75) is 0 Å². The molecule has 0 heterocycles. The molecule has 3 N–H and O–H groups in total. The molecule has 0 spiro atoms. The standard InChI is InChI=1S/C56H36O15/c57-45-19-7-1-13-39(45)51(60)69-48-22-10-4-16-42(48)54(63)66-36-29-27-34(28-30-36)25-26-35-31-37(67-55(64)43-17-5-11-23-49(43)70-52(61)40-14-2-8-20-46(40)58)33-38(32-35)68-56(65)44-18-6-12-24-50(44)71-53(62)41-15-3-9-21-47(41)59/h1-33,57-59H/b26-25+. The third-order valence-electron chi connectivity index (χ3n) is 10.2. The van der Waals surface area contributed by atoms with Crippen LogP contribution in [-0.4, -0.2) is 51.1 Å². The van der Waals surface area contributed by atoms with Gasteiger partial charge in [0.05, 0.1) is 0 Å². The Labute approximate surface area is 403 Å². The van der Waals surface area contributed by atoms with E-state index < -0.39 is 35.8 Å². The summed E-state index contributed by atoms with van der Waals surface area (Å²) in [7, 11) is 0. The molecule has 0 amide bonds. The van der Waals surface area contributed by atoms with Gasteiger partial charge >= 0.3 is 35.8 Å². The second-order valence-corrected chi connectivity index (χ2v) is 15.0. The monoisotopic (exact) mass is 948 g/mol. The number of phenols is 3. The van der Waals surface area contributed by atoms with E-state index in [0.29, 0.717) is 11.1 Å². The first kappa shape index (κ1) is 47.2. The van der Waals surface area contributed by atoms with E-state index >= 15 is 0 Å². The molecule has 0 unspecified atom stereocenters. The molecule has 8 aromatic rings. The van der Waals surface area contributed by atoms with E-state index in [1.807, 2.05) is 0 Å². The fourth-order valence-corrected chi connectivity index (χ4v) is 6.71. The molecule has 0 saturated heterocycles. The Kier molecular flexibility index (Phi) is 14.3. The predicted octanol–water partition coefficient (Wildman–Crippen LogP) is 10.3. The van der Waals surface area contributed by atoms with Crippen LogP contribution in [-0.2, 0) is 0 Å². The second kappa shape index (κ2) is 21.6. The number of carbonyl (C=O) groups is 6. The summed E-state index contributed by atoms with van der Waals surface area (Å²) in [5.41, 5.74) is 0.212. The first-order valence-corrected chi connectivity index (χ1v) is 21.3. The minimum absolute atomic E-state index is 0.0497. The molecular formula is C56H36O15. The van der Waals surface area contributed by atoms with Crippen LogP contribution in [0.1, 0.15) is 73.3 Å². The van der Waals surface area contributed by atoms with Gasteiger partial charge < -0.3 is 43.7 Å². The molecule has 0 fully saturated rings. The Morgan fingerprint density at radius 2 is 0.563 bits per heavy atom. The number of aromatic hydroxyl groups is 3. The maximum atomic E-state index is 13.8. The van der Waals surface area contributed by atoms with Crippen LogP contribution in [0.25, 0.3) is 12.2 Å². The third-order valence-corrected chi connectivity index (χ3v) is 10.2. The van der Waals surface area contributed by atoms with Crippen molar-refractivity contribution in [3.8, 4) is 51.7 Å². The average Bonchev–Trinajstić information content (AvgIpc) is 3.37. The Morgan fingerprint density at radius 1 is 0.282 bits per heavy atom. The normalized spacial score (nSPS) is 10.7. The highest BCUT2D eigenvalue weighted by Crippen LogP contribution is 2.31. The summed E-state index contributed by atoms with van der Waals surface area (Å²) in [4.78, 5) is 79.6. The second-order valence-electron chi connectivity index (χ2n) is 15.0. The molecule has 350 valence electrons. The van der Waals surface area contributed by atoms with Gasteiger partial charge in [-0.25, -0.2) is 28.8 Å². The van der Waals surface area contributed by atoms with Gasteiger partial charge in [0.25, 0.3) is 0 Å². The van der Waals surface area contributed by atoms with Gasteiger partial charge in [0.15, 0.2) is 0 Å². The van der Waals surface area contributed by atoms with Crippen molar-refractivity contribution < 1.29 is 72.5 Å². The lowest BCUT2D eigenvalue weighted by molar-refractivity contribution is 0.0683. The first-order chi connectivity index (χ1) is 34.4. The summed E-state index contributed by atoms with van der Waals surface area (Å²) in [6, 6.07) is 45.3. The molecule has 71 heavy (non-hydrogen) atoms. The van der Waals surface area contributed by atoms with Crippen molar-refractivity contribution in [2.24, 2.45) is 0 Å². The van der Waals surface area contributed by atoms with Crippen molar-refractivity contribution >= 4 is 48.0 Å². The Bertz CT molecular complexity index is 3240. The molecule has 15 heteroatoms. The predicted molar refractivity (Wildman–Crippen MR) is 255 cm³/mol. The molecule has 0 aromatic heterocycles. The molecular weight excluding hydrogens is 913 g/mol. The summed E-state index contributed by atoms with van der Waals surface area (Å²) in [5.74, 6) is -6.96. The first-order valence-electron chi connectivity index (χ1n) is 21.3. The van der Waals surface area contributed by atoms with Gasteiger partial charge in [0.1, 0.15) is 85.1 Å². The molecule has 0 saturated carbocycles. The lowest BCUT2D eigenvalue weighted by Gasteiger charge is -2.13. The maximum Gasteiger partial charge on any atom is 0.347 e. The number of hydrogen-bond acceptors (Lipinski definition) is 15. The minimum atomic E-state index is -0.966. The van der Waals surface area contributed by atoms with Gasteiger partial charge in [-0.1, -0.05) is 97.1 Å². The molecule has 8 aromatic carbocycles. The summed E-state index contributed by atoms with van der Waals surface area (Å²) >= 11 is 0. The highest BCUT2D eigenvalue weighted by molar-refractivity contribution is 6.00. The van der Waals surface area contributed by atoms with Crippen molar-refractivity contribution in [2.75, 3.05) is 0 Å². The van der Waals surface area contributed by atoms with Crippen LogP contribution < -0.4 is 28.4 Å². The molecule has 15 nitrogen and oxygen atoms in total.